The normalized spacial score (nSPS) is 20.7. The molecule has 65 heavy (non-hydrogen) atoms. The van der Waals surface area contributed by atoms with Crippen molar-refractivity contribution in [1.29, 1.82) is 0 Å². The van der Waals surface area contributed by atoms with E-state index in [2.05, 4.69) is 74.0 Å². The molecule has 0 saturated carbocycles. The van der Waals surface area contributed by atoms with Crippen molar-refractivity contribution in [3.63, 3.8) is 0 Å². The zero-order chi connectivity index (χ0) is 45.9. The monoisotopic (exact) mass is 885 g/mol. The molecule has 0 aliphatic carbocycles. The topological polar surface area (TPSA) is 169 Å². The first-order chi connectivity index (χ1) is 31.3. The summed E-state index contributed by atoms with van der Waals surface area (Å²) >= 11 is 0. The van der Waals surface area contributed by atoms with Crippen molar-refractivity contribution in [2.45, 2.75) is 109 Å². The Balaban J connectivity index is 0.978. The van der Waals surface area contributed by atoms with Gasteiger partial charge in [0.25, 0.3) is 0 Å². The molecule has 0 radical (unpaired) electrons. The molecule has 6 atom stereocenters. The third kappa shape index (κ3) is 9.50. The number of alkyl carbamates (subject to hydrolysis) is 1. The number of rotatable bonds is 13. The van der Waals surface area contributed by atoms with Crippen molar-refractivity contribution < 1.29 is 28.3 Å². The van der Waals surface area contributed by atoms with Gasteiger partial charge in [0, 0.05) is 49.2 Å². The lowest BCUT2D eigenvalue weighted by Gasteiger charge is -2.33. The number of H-pyrrole nitrogens is 2. The van der Waals surface area contributed by atoms with Gasteiger partial charge < -0.3 is 40.0 Å². The molecule has 14 nitrogen and oxygen atoms in total. The number of amides is 4. The maximum absolute atomic E-state index is 14.3. The Hall–Kier alpha value is -6.51. The van der Waals surface area contributed by atoms with E-state index in [1.807, 2.05) is 62.0 Å². The van der Waals surface area contributed by atoms with Crippen LogP contribution in [-0.4, -0.2) is 85.8 Å². The Morgan fingerprint density at radius 1 is 0.646 bits per heavy atom. The van der Waals surface area contributed by atoms with E-state index >= 15 is 0 Å². The molecule has 1 unspecified atom stereocenters. The highest BCUT2D eigenvalue weighted by Crippen LogP contribution is 2.47. The van der Waals surface area contributed by atoms with Gasteiger partial charge in [-0.3, -0.25) is 14.4 Å². The molecule has 5 heterocycles. The number of aromatic amines is 2. The molecule has 0 spiro atoms. The van der Waals surface area contributed by atoms with Crippen LogP contribution in [-0.2, 0) is 19.1 Å². The van der Waals surface area contributed by atoms with E-state index in [0.717, 1.165) is 83.7 Å². The van der Waals surface area contributed by atoms with Crippen LogP contribution in [0.25, 0.3) is 22.5 Å². The highest BCUT2D eigenvalue weighted by Gasteiger charge is 2.40. The average Bonchev–Trinajstić information content (AvgIpc) is 4.16. The number of aromatic nitrogens is 4. The second-order valence-electron chi connectivity index (χ2n) is 18.2. The number of nitrogens with one attached hydrogen (secondary N) is 4. The molecule has 342 valence electrons. The van der Waals surface area contributed by atoms with E-state index in [9.17, 15) is 23.6 Å². The predicted octanol–water partition coefficient (Wildman–Crippen LogP) is 8.56. The van der Waals surface area contributed by atoms with Gasteiger partial charge in [-0.05, 0) is 85.8 Å². The van der Waals surface area contributed by atoms with Crippen LogP contribution in [0.4, 0.5) is 14.9 Å². The molecule has 4 amide bonds. The number of benzene rings is 3. The van der Waals surface area contributed by atoms with E-state index in [4.69, 9.17) is 14.7 Å². The summed E-state index contributed by atoms with van der Waals surface area (Å²) in [7, 11) is 1.29. The van der Waals surface area contributed by atoms with Crippen molar-refractivity contribution in [3.8, 4) is 22.5 Å². The van der Waals surface area contributed by atoms with Crippen LogP contribution in [0.2, 0.25) is 0 Å². The summed E-state index contributed by atoms with van der Waals surface area (Å²) in [5, 5.41) is 5.55. The summed E-state index contributed by atoms with van der Waals surface area (Å²) in [5.74, 6) is 0.532. The molecule has 3 aliphatic rings. The van der Waals surface area contributed by atoms with E-state index < -0.39 is 18.2 Å². The van der Waals surface area contributed by atoms with Gasteiger partial charge in [0.1, 0.15) is 29.5 Å². The Kier molecular flexibility index (Phi) is 13.4. The average molecular weight is 886 g/mol. The zero-order valence-corrected chi connectivity index (χ0v) is 38.0. The van der Waals surface area contributed by atoms with Gasteiger partial charge in [0.05, 0.1) is 42.7 Å². The highest BCUT2D eigenvalue weighted by atomic mass is 19.1. The fourth-order valence-corrected chi connectivity index (χ4v) is 9.92. The summed E-state index contributed by atoms with van der Waals surface area (Å²) in [6, 6.07) is 22.0. The molecule has 4 N–H and O–H groups in total. The minimum absolute atomic E-state index is 0.0337. The number of hydrogen-bond acceptors (Lipinski definition) is 8. The summed E-state index contributed by atoms with van der Waals surface area (Å²) in [6.45, 7) is 10.3. The van der Waals surface area contributed by atoms with E-state index in [1.165, 1.54) is 26.2 Å². The number of hydrogen-bond donors (Lipinski definition) is 4. The molecule has 3 aliphatic heterocycles. The number of anilines is 1. The van der Waals surface area contributed by atoms with E-state index in [-0.39, 0.29) is 59.5 Å². The second-order valence-corrected chi connectivity index (χ2v) is 18.2. The fourth-order valence-electron chi connectivity index (χ4n) is 9.92. The quantitative estimate of drug-likeness (QED) is 0.0912. The Morgan fingerprint density at radius 2 is 1.09 bits per heavy atom. The van der Waals surface area contributed by atoms with Gasteiger partial charge in [0.2, 0.25) is 17.7 Å². The van der Waals surface area contributed by atoms with Crippen LogP contribution in [0.5, 0.6) is 0 Å². The molecule has 3 fully saturated rings. The van der Waals surface area contributed by atoms with Crippen LogP contribution >= 0.6 is 0 Å². The van der Waals surface area contributed by atoms with Crippen LogP contribution in [0.15, 0.2) is 85.2 Å². The number of likely N-dealkylation sites (tertiary alicyclic amines) is 2. The molecule has 5 aromatic rings. The second kappa shape index (κ2) is 19.3. The van der Waals surface area contributed by atoms with Crippen molar-refractivity contribution in [1.82, 2.24) is 40.4 Å². The number of carbonyl (C=O) groups excluding carboxylic acids is 4. The largest absolute Gasteiger partial charge is 0.453 e. The lowest BCUT2D eigenvalue weighted by atomic mass is 10.0. The van der Waals surface area contributed by atoms with Gasteiger partial charge in [-0.25, -0.2) is 19.2 Å². The molecule has 15 heteroatoms. The predicted molar refractivity (Wildman–Crippen MR) is 246 cm³/mol. The van der Waals surface area contributed by atoms with Crippen molar-refractivity contribution in [3.05, 3.63) is 114 Å². The smallest absolute Gasteiger partial charge is 0.407 e. The van der Waals surface area contributed by atoms with E-state index in [0.29, 0.717) is 18.9 Å². The van der Waals surface area contributed by atoms with Crippen molar-refractivity contribution in [2.75, 3.05) is 25.1 Å². The standard InChI is InChI=1S/C50H60FN9O5/c1-29(2)44(54-31(5)61)48(62)58-25-7-9-42(58)46-52-27-38(55-46)32-11-15-34(16-12-32)40-23-24-41(60(40)37-21-19-36(51)20-22-37)35-17-13-33(14-18-35)39-28-53-47(56-39)43-10-8-26-59(43)49(63)45(30(3)4)57-50(64)65-6/h11-22,27-30,40-45H,7-10,23-26H2,1-6H3,(H,52,55)(H,53,56)(H,54,61)(H,57,64)/t40-,41-,42+,43?,44+,45+/m1/s1. The number of ether oxygens (including phenoxy) is 1. The number of carbonyl (C=O) groups is 4. The zero-order valence-electron chi connectivity index (χ0n) is 38.0. The summed E-state index contributed by atoms with van der Waals surface area (Å²) < 4.78 is 19.1. The van der Waals surface area contributed by atoms with Crippen LogP contribution in [0.1, 0.15) is 120 Å². The first-order valence-corrected chi connectivity index (χ1v) is 22.9. The minimum atomic E-state index is -0.707. The SMILES string of the molecule is COC(=O)N[C@H](C(=O)N1CCCC1c1nc(-c2ccc([C@H]3CC[C@H](c4ccc(-c5c[nH]c([C@@H]6CCCN6C(=O)[C@@H](NC(C)=O)C(C)C)n5)cc4)N3c3ccc(F)cc3)cc2)c[nH]1)C(C)C. The molecule has 0 bridgehead atoms. The van der Waals surface area contributed by atoms with Crippen LogP contribution in [0, 0.1) is 17.7 Å². The summed E-state index contributed by atoms with van der Waals surface area (Å²) in [6.07, 6.45) is 8.17. The number of imidazole rings is 2. The molecule has 8 rings (SSSR count). The number of halogens is 1. The van der Waals surface area contributed by atoms with Crippen LogP contribution < -0.4 is 15.5 Å². The first kappa shape index (κ1) is 45.1. The lowest BCUT2D eigenvalue weighted by Crippen LogP contribution is -2.51. The first-order valence-electron chi connectivity index (χ1n) is 22.9. The number of nitrogens with zero attached hydrogens (tertiary/aromatic N) is 5. The fraction of sp³-hybridized carbons (Fsp3) is 0.440. The van der Waals surface area contributed by atoms with Gasteiger partial charge in [-0.15, -0.1) is 0 Å². The maximum Gasteiger partial charge on any atom is 0.407 e. The third-order valence-corrected chi connectivity index (χ3v) is 13.3. The van der Waals surface area contributed by atoms with Gasteiger partial charge in [-0.2, -0.15) is 0 Å². The van der Waals surface area contributed by atoms with Crippen LogP contribution in [0.3, 0.4) is 0 Å². The van der Waals surface area contributed by atoms with Gasteiger partial charge in [0.15, 0.2) is 0 Å². The lowest BCUT2D eigenvalue weighted by molar-refractivity contribution is -0.138. The molecular formula is C50H60FN9O5. The van der Waals surface area contributed by atoms with Crippen molar-refractivity contribution >= 4 is 29.5 Å². The molecule has 3 aromatic carbocycles. The van der Waals surface area contributed by atoms with Gasteiger partial charge >= 0.3 is 6.09 Å². The summed E-state index contributed by atoms with van der Waals surface area (Å²) in [4.78, 5) is 73.9. The maximum atomic E-state index is 14.3. The molecular weight excluding hydrogens is 826 g/mol. The molecule has 2 aromatic heterocycles. The highest BCUT2D eigenvalue weighted by molar-refractivity contribution is 5.88. The third-order valence-electron chi connectivity index (χ3n) is 13.3. The molecule has 3 saturated heterocycles. The van der Waals surface area contributed by atoms with Gasteiger partial charge in [-0.1, -0.05) is 76.2 Å². The Morgan fingerprint density at radius 3 is 1.51 bits per heavy atom. The van der Waals surface area contributed by atoms with E-state index in [1.54, 1.807) is 0 Å². The van der Waals surface area contributed by atoms with Crippen molar-refractivity contribution in [2.24, 2.45) is 11.8 Å². The summed E-state index contributed by atoms with van der Waals surface area (Å²) in [5.41, 5.74) is 6.68. The minimum Gasteiger partial charge on any atom is -0.453 e. The Bertz CT molecular complexity index is 2470. The Labute approximate surface area is 379 Å². The number of methoxy groups -OCH3 is 1.